The van der Waals surface area contributed by atoms with Crippen molar-refractivity contribution in [3.63, 3.8) is 0 Å². The summed E-state index contributed by atoms with van der Waals surface area (Å²) in [4.78, 5) is 16.1. The van der Waals surface area contributed by atoms with Crippen LogP contribution in [0.15, 0.2) is 53.7 Å². The molecule has 0 aliphatic heterocycles. The van der Waals surface area contributed by atoms with Gasteiger partial charge in [-0.3, -0.25) is 9.78 Å². The monoisotopic (exact) mass is 333 g/mol. The lowest BCUT2D eigenvalue weighted by Gasteiger charge is -2.18. The largest absolute Gasteiger partial charge is 0.322 e. The Balaban J connectivity index is 2.25. The summed E-state index contributed by atoms with van der Waals surface area (Å²) >= 11 is 0. The normalized spacial score (nSPS) is 11.4. The highest BCUT2D eigenvalue weighted by Gasteiger charge is 2.21. The molecular weight excluding hydrogens is 314 g/mol. The fourth-order valence-electron chi connectivity index (χ4n) is 2.15. The Labute approximate surface area is 136 Å². The maximum absolute atomic E-state index is 12.5. The van der Waals surface area contributed by atoms with Gasteiger partial charge in [0.2, 0.25) is 10.0 Å². The maximum Gasteiger partial charge on any atom is 0.255 e. The first-order chi connectivity index (χ1) is 11.0. The zero-order valence-electron chi connectivity index (χ0n) is 13.1. The number of sulfonamides is 1. The molecule has 0 radical (unpaired) electrons. The van der Waals surface area contributed by atoms with Crippen molar-refractivity contribution in [1.29, 1.82) is 0 Å². The number of anilines is 1. The SMILES string of the molecule is CCN(CC)S(=O)(=O)c1cccc(NC(=O)c2ccncc2)c1. The van der Waals surface area contributed by atoms with Gasteiger partial charge in [-0.05, 0) is 30.3 Å². The second kappa shape index (κ2) is 7.34. The lowest BCUT2D eigenvalue weighted by atomic mass is 10.2. The Kier molecular flexibility index (Phi) is 5.46. The van der Waals surface area contributed by atoms with Gasteiger partial charge in [0.15, 0.2) is 0 Å². The predicted molar refractivity (Wildman–Crippen MR) is 88.7 cm³/mol. The van der Waals surface area contributed by atoms with Crippen LogP contribution in [0.2, 0.25) is 0 Å². The number of amides is 1. The van der Waals surface area contributed by atoms with Crippen LogP contribution in [0, 0.1) is 0 Å². The fourth-order valence-corrected chi connectivity index (χ4v) is 3.66. The standard InChI is InChI=1S/C16H19N3O3S/c1-3-19(4-2)23(21,22)15-7-5-6-14(12-15)18-16(20)13-8-10-17-11-9-13/h5-12H,3-4H2,1-2H3,(H,18,20). The fraction of sp³-hybridized carbons (Fsp3) is 0.250. The molecule has 1 amide bonds. The number of benzene rings is 1. The van der Waals surface area contributed by atoms with Gasteiger partial charge in [-0.1, -0.05) is 19.9 Å². The van der Waals surface area contributed by atoms with Crippen LogP contribution in [0.4, 0.5) is 5.69 Å². The van der Waals surface area contributed by atoms with Gasteiger partial charge in [0.25, 0.3) is 5.91 Å². The van der Waals surface area contributed by atoms with E-state index >= 15 is 0 Å². The molecule has 2 aromatic rings. The Hall–Kier alpha value is -2.25. The number of pyridine rings is 1. The van der Waals surface area contributed by atoms with Crippen LogP contribution in [0.3, 0.4) is 0 Å². The van der Waals surface area contributed by atoms with Crippen molar-refractivity contribution in [1.82, 2.24) is 9.29 Å². The van der Waals surface area contributed by atoms with E-state index in [1.807, 2.05) is 0 Å². The highest BCUT2D eigenvalue weighted by molar-refractivity contribution is 7.89. The van der Waals surface area contributed by atoms with Gasteiger partial charge >= 0.3 is 0 Å². The molecule has 122 valence electrons. The second-order valence-corrected chi connectivity index (χ2v) is 6.75. The van der Waals surface area contributed by atoms with Gasteiger partial charge in [0.1, 0.15) is 0 Å². The minimum Gasteiger partial charge on any atom is -0.322 e. The van der Waals surface area contributed by atoms with Crippen molar-refractivity contribution in [2.45, 2.75) is 18.7 Å². The summed E-state index contributed by atoms with van der Waals surface area (Å²) in [6.45, 7) is 4.37. The smallest absolute Gasteiger partial charge is 0.255 e. The van der Waals surface area contributed by atoms with Crippen LogP contribution in [-0.2, 0) is 10.0 Å². The minimum atomic E-state index is -3.55. The molecular formula is C16H19N3O3S. The van der Waals surface area contributed by atoms with E-state index in [-0.39, 0.29) is 10.8 Å². The summed E-state index contributed by atoms with van der Waals surface area (Å²) in [5, 5.41) is 2.70. The molecule has 0 aliphatic rings. The van der Waals surface area contributed by atoms with Crippen molar-refractivity contribution in [3.8, 4) is 0 Å². The molecule has 2 rings (SSSR count). The molecule has 6 nitrogen and oxygen atoms in total. The number of rotatable bonds is 6. The van der Waals surface area contributed by atoms with E-state index < -0.39 is 10.0 Å². The van der Waals surface area contributed by atoms with Gasteiger partial charge in [0, 0.05) is 36.7 Å². The molecule has 0 bridgehead atoms. The molecule has 1 aromatic carbocycles. The Bertz CT molecular complexity index is 772. The lowest BCUT2D eigenvalue weighted by Crippen LogP contribution is -2.30. The van der Waals surface area contributed by atoms with Crippen LogP contribution < -0.4 is 5.32 Å². The van der Waals surface area contributed by atoms with Gasteiger partial charge in [-0.15, -0.1) is 0 Å². The van der Waals surface area contributed by atoms with E-state index in [0.717, 1.165) is 0 Å². The zero-order chi connectivity index (χ0) is 16.9. The number of carbonyl (C=O) groups is 1. The molecule has 0 unspecified atom stereocenters. The molecule has 0 saturated heterocycles. The Morgan fingerprint density at radius 3 is 2.39 bits per heavy atom. The van der Waals surface area contributed by atoms with Crippen molar-refractivity contribution in [3.05, 3.63) is 54.4 Å². The Morgan fingerprint density at radius 2 is 1.78 bits per heavy atom. The van der Waals surface area contributed by atoms with E-state index in [2.05, 4.69) is 10.3 Å². The summed E-state index contributed by atoms with van der Waals surface area (Å²) in [6, 6.07) is 9.43. The number of nitrogens with one attached hydrogen (secondary N) is 1. The number of aromatic nitrogens is 1. The molecule has 0 aliphatic carbocycles. The molecule has 0 spiro atoms. The number of carbonyl (C=O) groups excluding carboxylic acids is 1. The molecule has 0 fully saturated rings. The van der Waals surface area contributed by atoms with Crippen LogP contribution in [0.1, 0.15) is 24.2 Å². The van der Waals surface area contributed by atoms with Crippen molar-refractivity contribution < 1.29 is 13.2 Å². The van der Waals surface area contributed by atoms with E-state index in [4.69, 9.17) is 0 Å². The lowest BCUT2D eigenvalue weighted by molar-refractivity contribution is 0.102. The van der Waals surface area contributed by atoms with Crippen molar-refractivity contribution in [2.24, 2.45) is 0 Å². The van der Waals surface area contributed by atoms with Gasteiger partial charge in [-0.25, -0.2) is 8.42 Å². The quantitative estimate of drug-likeness (QED) is 0.880. The van der Waals surface area contributed by atoms with Crippen molar-refractivity contribution in [2.75, 3.05) is 18.4 Å². The molecule has 1 heterocycles. The predicted octanol–water partition coefficient (Wildman–Crippen LogP) is 2.36. The summed E-state index contributed by atoms with van der Waals surface area (Å²) < 4.78 is 26.4. The molecule has 0 saturated carbocycles. The third-order valence-electron chi connectivity index (χ3n) is 3.38. The van der Waals surface area contributed by atoms with Gasteiger partial charge in [-0.2, -0.15) is 4.31 Å². The highest BCUT2D eigenvalue weighted by atomic mass is 32.2. The molecule has 23 heavy (non-hydrogen) atoms. The molecule has 1 N–H and O–H groups in total. The molecule has 0 atom stereocenters. The van der Waals surface area contributed by atoms with E-state index in [0.29, 0.717) is 24.3 Å². The average Bonchev–Trinajstić information content (AvgIpc) is 2.57. The summed E-state index contributed by atoms with van der Waals surface area (Å²) in [7, 11) is -3.55. The first-order valence-electron chi connectivity index (χ1n) is 7.30. The maximum atomic E-state index is 12.5. The summed E-state index contributed by atoms with van der Waals surface area (Å²) in [5.41, 5.74) is 0.886. The molecule has 7 heteroatoms. The topological polar surface area (TPSA) is 79.4 Å². The third-order valence-corrected chi connectivity index (χ3v) is 5.42. The van der Waals surface area contributed by atoms with Gasteiger partial charge in [0.05, 0.1) is 4.90 Å². The van der Waals surface area contributed by atoms with E-state index in [1.165, 1.54) is 28.8 Å². The van der Waals surface area contributed by atoms with E-state index in [1.54, 1.807) is 38.1 Å². The van der Waals surface area contributed by atoms with Crippen LogP contribution >= 0.6 is 0 Å². The zero-order valence-corrected chi connectivity index (χ0v) is 13.9. The number of hydrogen-bond acceptors (Lipinski definition) is 4. The molecule has 1 aromatic heterocycles. The highest BCUT2D eigenvalue weighted by Crippen LogP contribution is 2.20. The summed E-state index contributed by atoms with van der Waals surface area (Å²) in [6.07, 6.45) is 3.05. The van der Waals surface area contributed by atoms with Crippen LogP contribution in [0.25, 0.3) is 0 Å². The first-order valence-corrected chi connectivity index (χ1v) is 8.74. The van der Waals surface area contributed by atoms with E-state index in [9.17, 15) is 13.2 Å². The van der Waals surface area contributed by atoms with Gasteiger partial charge < -0.3 is 5.32 Å². The van der Waals surface area contributed by atoms with Crippen molar-refractivity contribution >= 4 is 21.6 Å². The van der Waals surface area contributed by atoms with Crippen LogP contribution in [0.5, 0.6) is 0 Å². The second-order valence-electron chi connectivity index (χ2n) is 4.81. The average molecular weight is 333 g/mol. The number of hydrogen-bond donors (Lipinski definition) is 1. The van der Waals surface area contributed by atoms with Crippen LogP contribution in [-0.4, -0.2) is 36.7 Å². The first kappa shape index (κ1) is 17.1. The minimum absolute atomic E-state index is 0.161. The Morgan fingerprint density at radius 1 is 1.13 bits per heavy atom. The summed E-state index contributed by atoms with van der Waals surface area (Å²) in [5.74, 6) is -0.315. The third kappa shape index (κ3) is 3.94. The number of nitrogens with zero attached hydrogens (tertiary/aromatic N) is 2.